The molecule has 4 aromatic carbocycles. The molecule has 2 amide bonds. The second kappa shape index (κ2) is 15.6. The Morgan fingerprint density at radius 2 is 1.49 bits per heavy atom. The summed E-state index contributed by atoms with van der Waals surface area (Å²) in [6, 6.07) is 26.1. The molecule has 1 fully saturated rings. The summed E-state index contributed by atoms with van der Waals surface area (Å²) >= 11 is 18.9. The molecule has 7 nitrogen and oxygen atoms in total. The number of carbonyl (C=O) groups excluding carboxylic acids is 2. The lowest BCUT2D eigenvalue weighted by Crippen LogP contribution is -2.54. The molecule has 1 aliphatic carbocycles. The van der Waals surface area contributed by atoms with E-state index in [9.17, 15) is 18.0 Å². The van der Waals surface area contributed by atoms with Gasteiger partial charge in [-0.25, -0.2) is 8.42 Å². The molecule has 1 aliphatic rings. The van der Waals surface area contributed by atoms with Gasteiger partial charge in [-0.05, 0) is 79.4 Å². The first kappa shape index (κ1) is 34.8. The summed E-state index contributed by atoms with van der Waals surface area (Å²) in [5, 5.41) is 4.33. The molecular weight excluding hydrogens is 677 g/mol. The average Bonchev–Trinajstić information content (AvgIpc) is 3.56. The number of nitrogens with zero attached hydrogens (tertiary/aromatic N) is 2. The van der Waals surface area contributed by atoms with E-state index >= 15 is 0 Å². The largest absolute Gasteiger partial charge is 0.352 e. The van der Waals surface area contributed by atoms with Crippen LogP contribution >= 0.6 is 34.8 Å². The van der Waals surface area contributed by atoms with Crippen molar-refractivity contribution in [3.8, 4) is 0 Å². The predicted octanol–water partition coefficient (Wildman–Crippen LogP) is 7.85. The smallest absolute Gasteiger partial charge is 0.264 e. The fourth-order valence-electron chi connectivity index (χ4n) is 5.73. The molecule has 0 spiro atoms. The second-order valence-electron chi connectivity index (χ2n) is 11.8. The lowest BCUT2D eigenvalue weighted by Gasteiger charge is -2.34. The second-order valence-corrected chi connectivity index (χ2v) is 14.9. The first-order chi connectivity index (χ1) is 22.5. The summed E-state index contributed by atoms with van der Waals surface area (Å²) in [5.74, 6) is -0.886. The number of hydrogen-bond acceptors (Lipinski definition) is 4. The first-order valence-corrected chi connectivity index (χ1v) is 18.0. The normalized spacial score (nSPS) is 14.0. The third kappa shape index (κ3) is 8.87. The molecule has 0 heterocycles. The average molecular weight is 713 g/mol. The summed E-state index contributed by atoms with van der Waals surface area (Å²) in [6.07, 6.45) is 3.97. The Kier molecular flexibility index (Phi) is 11.5. The van der Waals surface area contributed by atoms with Gasteiger partial charge in [0.2, 0.25) is 11.8 Å². The van der Waals surface area contributed by atoms with E-state index in [0.29, 0.717) is 20.6 Å². The van der Waals surface area contributed by atoms with Crippen LogP contribution in [-0.2, 0) is 32.6 Å². The molecule has 0 unspecified atom stereocenters. The summed E-state index contributed by atoms with van der Waals surface area (Å²) in [6.45, 7) is 1.23. The first-order valence-electron chi connectivity index (χ1n) is 15.4. The van der Waals surface area contributed by atoms with Crippen molar-refractivity contribution in [2.75, 3.05) is 10.8 Å². The Bertz CT molecular complexity index is 1800. The van der Waals surface area contributed by atoms with Gasteiger partial charge >= 0.3 is 0 Å². The maximum atomic E-state index is 14.6. The Morgan fingerprint density at radius 3 is 2.13 bits per heavy atom. The van der Waals surface area contributed by atoms with Crippen molar-refractivity contribution in [2.24, 2.45) is 0 Å². The fourth-order valence-corrected chi connectivity index (χ4v) is 7.74. The van der Waals surface area contributed by atoms with Gasteiger partial charge in [0.25, 0.3) is 10.0 Å². The zero-order valence-electron chi connectivity index (χ0n) is 25.9. The van der Waals surface area contributed by atoms with Gasteiger partial charge in [-0.2, -0.15) is 0 Å². The maximum absolute atomic E-state index is 14.6. The predicted molar refractivity (Wildman–Crippen MR) is 189 cm³/mol. The van der Waals surface area contributed by atoms with Crippen LogP contribution in [0, 0.1) is 6.92 Å². The fraction of sp³-hybridized carbons (Fsp3) is 0.278. The maximum Gasteiger partial charge on any atom is 0.264 e. The van der Waals surface area contributed by atoms with Crippen molar-refractivity contribution in [3.05, 3.63) is 129 Å². The highest BCUT2D eigenvalue weighted by Gasteiger charge is 2.36. The number of benzene rings is 4. The molecule has 11 heteroatoms. The highest BCUT2D eigenvalue weighted by atomic mass is 35.5. The third-order valence-corrected chi connectivity index (χ3v) is 11.0. The molecule has 1 atom stereocenters. The quantitative estimate of drug-likeness (QED) is 0.162. The van der Waals surface area contributed by atoms with Crippen LogP contribution in [0.3, 0.4) is 0 Å². The van der Waals surface area contributed by atoms with E-state index in [0.717, 1.165) is 41.1 Å². The lowest BCUT2D eigenvalue weighted by molar-refractivity contribution is -0.140. The zero-order valence-corrected chi connectivity index (χ0v) is 29.0. The van der Waals surface area contributed by atoms with Crippen LogP contribution < -0.4 is 9.62 Å². The molecular formula is C36H36Cl3N3O4S. The van der Waals surface area contributed by atoms with Crippen LogP contribution in [0.25, 0.3) is 0 Å². The van der Waals surface area contributed by atoms with Crippen LogP contribution in [0.1, 0.15) is 42.4 Å². The molecule has 246 valence electrons. The number of nitrogens with one attached hydrogen (secondary N) is 1. The van der Waals surface area contributed by atoms with Crippen LogP contribution in [0.5, 0.6) is 0 Å². The minimum absolute atomic E-state index is 0.00401. The number of carbonyl (C=O) groups is 2. The van der Waals surface area contributed by atoms with Gasteiger partial charge in [0.1, 0.15) is 12.6 Å². The Morgan fingerprint density at radius 1 is 0.851 bits per heavy atom. The van der Waals surface area contributed by atoms with Crippen molar-refractivity contribution in [1.82, 2.24) is 10.2 Å². The van der Waals surface area contributed by atoms with Gasteiger partial charge in [-0.15, -0.1) is 0 Å². The molecule has 0 saturated heterocycles. The molecule has 4 aromatic rings. The standard InChI is InChI=1S/C36H36Cl3N3O4S/c1-25-11-19-32(20-12-25)47(45,46)42(31-17-15-28(37)16-18-31)24-35(43)41(23-27-13-14-29(38)22-33(27)39)34(21-26-7-3-2-4-8-26)36(44)40-30-9-5-6-10-30/h2-4,7-8,11-20,22,30,34H,5-6,9-10,21,23-24H2,1H3,(H,40,44)/t34-/m0/s1. The number of hydrogen-bond donors (Lipinski definition) is 1. The molecule has 0 aromatic heterocycles. The van der Waals surface area contributed by atoms with Gasteiger partial charge in [0.05, 0.1) is 10.6 Å². The summed E-state index contributed by atoms with van der Waals surface area (Å²) < 4.78 is 29.4. The lowest BCUT2D eigenvalue weighted by atomic mass is 10.0. The number of sulfonamides is 1. The minimum Gasteiger partial charge on any atom is -0.352 e. The van der Waals surface area contributed by atoms with Crippen molar-refractivity contribution < 1.29 is 18.0 Å². The molecule has 0 aliphatic heterocycles. The van der Waals surface area contributed by atoms with Crippen molar-refractivity contribution in [3.63, 3.8) is 0 Å². The van der Waals surface area contributed by atoms with E-state index in [4.69, 9.17) is 34.8 Å². The van der Waals surface area contributed by atoms with Crippen LogP contribution in [0.2, 0.25) is 15.1 Å². The molecule has 1 N–H and O–H groups in total. The number of anilines is 1. The van der Waals surface area contributed by atoms with Gasteiger partial charge in [-0.3, -0.25) is 13.9 Å². The highest BCUT2D eigenvalue weighted by Crippen LogP contribution is 2.28. The minimum atomic E-state index is -4.22. The van der Waals surface area contributed by atoms with Crippen LogP contribution in [0.15, 0.2) is 102 Å². The van der Waals surface area contributed by atoms with E-state index in [1.54, 1.807) is 54.6 Å². The Hall–Kier alpha value is -3.56. The number of rotatable bonds is 12. The summed E-state index contributed by atoms with van der Waals surface area (Å²) in [4.78, 5) is 30.2. The molecule has 1 saturated carbocycles. The summed E-state index contributed by atoms with van der Waals surface area (Å²) in [5.41, 5.74) is 2.56. The molecule has 5 rings (SSSR count). The van der Waals surface area contributed by atoms with Crippen molar-refractivity contribution >= 4 is 62.3 Å². The molecule has 47 heavy (non-hydrogen) atoms. The number of amides is 2. The van der Waals surface area contributed by atoms with Crippen molar-refractivity contribution in [1.29, 1.82) is 0 Å². The summed E-state index contributed by atoms with van der Waals surface area (Å²) in [7, 11) is -4.22. The van der Waals surface area contributed by atoms with E-state index < -0.39 is 28.5 Å². The van der Waals surface area contributed by atoms with Gasteiger partial charge in [-0.1, -0.05) is 102 Å². The van der Waals surface area contributed by atoms with E-state index in [-0.39, 0.29) is 35.5 Å². The zero-order chi connectivity index (χ0) is 33.6. The topological polar surface area (TPSA) is 86.8 Å². The Labute approximate surface area is 291 Å². The monoisotopic (exact) mass is 711 g/mol. The van der Waals surface area contributed by atoms with Crippen molar-refractivity contribution in [2.45, 2.75) is 62.6 Å². The van der Waals surface area contributed by atoms with Crippen LogP contribution in [0.4, 0.5) is 5.69 Å². The number of halogens is 3. The SMILES string of the molecule is Cc1ccc(S(=O)(=O)N(CC(=O)N(Cc2ccc(Cl)cc2Cl)[C@@H](Cc2ccccc2)C(=O)NC2CCCC2)c2ccc(Cl)cc2)cc1. The van der Waals surface area contributed by atoms with Gasteiger partial charge < -0.3 is 10.2 Å². The van der Waals surface area contributed by atoms with Gasteiger partial charge in [0, 0.05) is 34.1 Å². The number of aryl methyl sites for hydroxylation is 1. The Balaban J connectivity index is 1.58. The van der Waals surface area contributed by atoms with E-state index in [1.807, 2.05) is 37.3 Å². The third-order valence-electron chi connectivity index (χ3n) is 8.33. The molecule has 0 radical (unpaired) electrons. The highest BCUT2D eigenvalue weighted by molar-refractivity contribution is 7.92. The van der Waals surface area contributed by atoms with E-state index in [1.165, 1.54) is 17.0 Å². The van der Waals surface area contributed by atoms with Gasteiger partial charge in [0.15, 0.2) is 0 Å². The van der Waals surface area contributed by atoms with Crippen LogP contribution in [-0.4, -0.2) is 43.8 Å². The van der Waals surface area contributed by atoms with E-state index in [2.05, 4.69) is 5.32 Å². The molecule has 0 bridgehead atoms.